The number of urea groups is 1. The number of aromatic nitrogens is 1. The fraction of sp³-hybridized carbons (Fsp3) is 0.400. The molecule has 0 spiro atoms. The molecule has 37 heavy (non-hydrogen) atoms. The summed E-state index contributed by atoms with van der Waals surface area (Å²) in [7, 11) is 1.52. The number of benzene rings is 1. The maximum atomic E-state index is 13.3. The Kier molecular flexibility index (Phi) is 5.13. The Labute approximate surface area is 211 Å². The zero-order chi connectivity index (χ0) is 26.1. The van der Waals surface area contributed by atoms with Gasteiger partial charge in [0.2, 0.25) is 5.91 Å². The highest BCUT2D eigenvalue weighted by Crippen LogP contribution is 2.44. The van der Waals surface area contributed by atoms with Crippen LogP contribution in [-0.4, -0.2) is 76.7 Å². The number of pyridine rings is 1. The molecule has 4 atom stereocenters. The summed E-state index contributed by atoms with van der Waals surface area (Å²) in [6.07, 6.45) is -1.60. The Bertz CT molecular complexity index is 1360. The van der Waals surface area contributed by atoms with E-state index in [1.165, 1.54) is 16.9 Å². The molecule has 12 nitrogen and oxygen atoms in total. The first-order valence-corrected chi connectivity index (χ1v) is 12.0. The topological polar surface area (TPSA) is 150 Å². The van der Waals surface area contributed by atoms with Crippen LogP contribution in [0.4, 0.5) is 10.6 Å². The summed E-state index contributed by atoms with van der Waals surface area (Å²) in [5.74, 6) is -0.234. The van der Waals surface area contributed by atoms with Crippen molar-refractivity contribution in [3.63, 3.8) is 0 Å². The van der Waals surface area contributed by atoms with Crippen LogP contribution in [0.5, 0.6) is 11.5 Å². The van der Waals surface area contributed by atoms with Crippen LogP contribution in [-0.2, 0) is 16.1 Å². The SMILES string of the molecule is COc1ccc2c(c1)C(=O)N(CC1(C3Oc4ccc(N5CC(O)CC5=O)nc4C3C)NC(=O)NC1=O)C2. The average molecular weight is 508 g/mol. The predicted octanol–water partition coefficient (Wildman–Crippen LogP) is 0.287. The Balaban J connectivity index is 1.31. The minimum atomic E-state index is -1.57. The molecule has 5 amide bonds. The van der Waals surface area contributed by atoms with E-state index in [9.17, 15) is 24.3 Å². The van der Waals surface area contributed by atoms with Gasteiger partial charge in [-0.05, 0) is 29.8 Å². The van der Waals surface area contributed by atoms with E-state index in [0.717, 1.165) is 5.56 Å². The number of aliphatic hydroxyl groups is 1. The zero-order valence-corrected chi connectivity index (χ0v) is 20.2. The van der Waals surface area contributed by atoms with Crippen molar-refractivity contribution in [2.45, 2.75) is 43.6 Å². The first kappa shape index (κ1) is 23.2. The van der Waals surface area contributed by atoms with Crippen LogP contribution in [0.15, 0.2) is 30.3 Å². The van der Waals surface area contributed by atoms with Crippen molar-refractivity contribution in [2.24, 2.45) is 0 Å². The Morgan fingerprint density at radius 1 is 1.22 bits per heavy atom. The van der Waals surface area contributed by atoms with Crippen molar-refractivity contribution in [3.05, 3.63) is 47.2 Å². The summed E-state index contributed by atoms with van der Waals surface area (Å²) in [5, 5.41) is 14.9. The van der Waals surface area contributed by atoms with Crippen LogP contribution in [0.1, 0.15) is 40.9 Å². The van der Waals surface area contributed by atoms with Crippen LogP contribution in [0.2, 0.25) is 0 Å². The molecule has 3 N–H and O–H groups in total. The second kappa shape index (κ2) is 8.17. The second-order valence-corrected chi connectivity index (χ2v) is 9.81. The van der Waals surface area contributed by atoms with Crippen LogP contribution in [0.3, 0.4) is 0 Å². The summed E-state index contributed by atoms with van der Waals surface area (Å²) in [5.41, 5.74) is 0.217. The van der Waals surface area contributed by atoms with Crippen molar-refractivity contribution < 1.29 is 33.8 Å². The van der Waals surface area contributed by atoms with E-state index in [1.807, 2.05) is 6.92 Å². The summed E-state index contributed by atoms with van der Waals surface area (Å²) < 4.78 is 11.4. The number of imide groups is 1. The van der Waals surface area contributed by atoms with Gasteiger partial charge in [-0.15, -0.1) is 0 Å². The fourth-order valence-electron chi connectivity index (χ4n) is 5.65. The van der Waals surface area contributed by atoms with Crippen LogP contribution in [0, 0.1) is 0 Å². The lowest BCUT2D eigenvalue weighted by atomic mass is 9.83. The van der Waals surface area contributed by atoms with Crippen LogP contribution >= 0.6 is 0 Å². The molecule has 0 saturated carbocycles. The molecule has 12 heteroatoms. The molecule has 0 aliphatic carbocycles. The number of hydrogen-bond donors (Lipinski definition) is 3. The van der Waals surface area contributed by atoms with Crippen molar-refractivity contribution in [3.8, 4) is 11.5 Å². The number of fused-ring (bicyclic) bond motifs is 2. The van der Waals surface area contributed by atoms with Gasteiger partial charge in [0.05, 0.1) is 38.4 Å². The molecule has 4 aliphatic rings. The van der Waals surface area contributed by atoms with Gasteiger partial charge < -0.3 is 24.8 Å². The Morgan fingerprint density at radius 2 is 2.03 bits per heavy atom. The predicted molar refractivity (Wildman–Crippen MR) is 127 cm³/mol. The largest absolute Gasteiger partial charge is 0.497 e. The van der Waals surface area contributed by atoms with E-state index in [-0.39, 0.29) is 37.9 Å². The number of carbonyl (C=O) groups excluding carboxylic acids is 4. The van der Waals surface area contributed by atoms with Gasteiger partial charge in [-0.25, -0.2) is 9.78 Å². The van der Waals surface area contributed by atoms with Gasteiger partial charge in [0.15, 0.2) is 5.54 Å². The lowest BCUT2D eigenvalue weighted by Crippen LogP contribution is -2.64. The quantitative estimate of drug-likeness (QED) is 0.489. The number of rotatable bonds is 5. The molecule has 0 radical (unpaired) electrons. The highest BCUT2D eigenvalue weighted by atomic mass is 16.5. The van der Waals surface area contributed by atoms with Crippen molar-refractivity contribution in [2.75, 3.05) is 25.1 Å². The maximum absolute atomic E-state index is 13.3. The van der Waals surface area contributed by atoms with E-state index in [2.05, 4.69) is 15.6 Å². The summed E-state index contributed by atoms with van der Waals surface area (Å²) >= 11 is 0. The molecule has 2 saturated heterocycles. The summed E-state index contributed by atoms with van der Waals surface area (Å²) in [6.45, 7) is 2.11. The number of anilines is 1. The van der Waals surface area contributed by atoms with Crippen molar-refractivity contribution in [1.29, 1.82) is 0 Å². The maximum Gasteiger partial charge on any atom is 0.322 e. The number of amides is 5. The summed E-state index contributed by atoms with van der Waals surface area (Å²) in [4.78, 5) is 58.7. The van der Waals surface area contributed by atoms with E-state index in [4.69, 9.17) is 9.47 Å². The smallest absolute Gasteiger partial charge is 0.322 e. The highest BCUT2D eigenvalue weighted by molar-refractivity contribution is 6.08. The standard InChI is InChI=1S/C25H25N5O7/c1-12-20-17(5-6-18(26-20)30-10-14(31)7-19(30)32)37-21(12)25(23(34)27-24(35)28-25)11-29-9-13-3-4-15(36-2)8-16(13)22(29)33/h3-6,8,12,14,21,31H,7,9-11H2,1-2H3,(H2,27,28,34,35). The van der Waals surface area contributed by atoms with Gasteiger partial charge in [-0.3, -0.25) is 24.6 Å². The lowest BCUT2D eigenvalue weighted by molar-refractivity contribution is -0.128. The molecule has 192 valence electrons. The number of carbonyl (C=O) groups is 4. The highest BCUT2D eigenvalue weighted by Gasteiger charge is 2.59. The minimum Gasteiger partial charge on any atom is -0.497 e. The van der Waals surface area contributed by atoms with Crippen molar-refractivity contribution >= 4 is 29.6 Å². The van der Waals surface area contributed by atoms with E-state index < -0.39 is 35.6 Å². The second-order valence-electron chi connectivity index (χ2n) is 9.81. The molecule has 0 bridgehead atoms. The number of aliphatic hydroxyl groups excluding tert-OH is 1. The Hall–Kier alpha value is -4.19. The number of hydrogen-bond acceptors (Lipinski definition) is 8. The lowest BCUT2D eigenvalue weighted by Gasteiger charge is -2.36. The fourth-order valence-corrected chi connectivity index (χ4v) is 5.65. The number of β-amino-alcohol motifs (C(OH)–C–C–N with tert-alkyl or cyclic N) is 1. The molecule has 4 unspecified atom stereocenters. The normalized spacial score (nSPS) is 28.2. The molecular weight excluding hydrogens is 482 g/mol. The minimum absolute atomic E-state index is 0.0287. The molecule has 2 aromatic rings. The molecule has 6 rings (SSSR count). The average Bonchev–Trinajstić information content (AvgIpc) is 3.57. The third kappa shape index (κ3) is 3.50. The Morgan fingerprint density at radius 3 is 2.70 bits per heavy atom. The van der Waals surface area contributed by atoms with Gasteiger partial charge in [0.25, 0.3) is 11.8 Å². The van der Waals surface area contributed by atoms with Gasteiger partial charge in [0, 0.05) is 18.0 Å². The molecule has 1 aromatic heterocycles. The summed E-state index contributed by atoms with van der Waals surface area (Å²) in [6, 6.07) is 7.84. The first-order valence-electron chi connectivity index (χ1n) is 12.0. The van der Waals surface area contributed by atoms with Gasteiger partial charge in [-0.1, -0.05) is 13.0 Å². The molecule has 4 aliphatic heterocycles. The monoisotopic (exact) mass is 507 g/mol. The molecule has 1 aromatic carbocycles. The number of methoxy groups -OCH3 is 1. The molecule has 5 heterocycles. The third-order valence-electron chi connectivity index (χ3n) is 7.48. The van der Waals surface area contributed by atoms with Crippen LogP contribution < -0.4 is 25.0 Å². The number of nitrogens with zero attached hydrogens (tertiary/aromatic N) is 3. The van der Waals surface area contributed by atoms with Gasteiger partial charge >= 0.3 is 6.03 Å². The molecule has 2 fully saturated rings. The van der Waals surface area contributed by atoms with E-state index in [1.54, 1.807) is 30.3 Å². The van der Waals surface area contributed by atoms with Crippen LogP contribution in [0.25, 0.3) is 0 Å². The number of ether oxygens (including phenoxy) is 2. The molecular formula is C25H25N5O7. The van der Waals surface area contributed by atoms with Gasteiger partial charge in [0.1, 0.15) is 23.4 Å². The zero-order valence-electron chi connectivity index (χ0n) is 20.2. The van der Waals surface area contributed by atoms with Crippen molar-refractivity contribution in [1.82, 2.24) is 20.5 Å². The third-order valence-corrected chi connectivity index (χ3v) is 7.48. The first-order chi connectivity index (χ1) is 17.7. The van der Waals surface area contributed by atoms with E-state index >= 15 is 0 Å². The number of nitrogens with one attached hydrogen (secondary N) is 2. The van der Waals surface area contributed by atoms with E-state index in [0.29, 0.717) is 28.6 Å². The van der Waals surface area contributed by atoms with Gasteiger partial charge in [-0.2, -0.15) is 0 Å².